The van der Waals surface area contributed by atoms with Gasteiger partial charge >= 0.3 is 0 Å². The van der Waals surface area contributed by atoms with E-state index in [2.05, 4.69) is 20.5 Å². The Morgan fingerprint density at radius 3 is 2.96 bits per heavy atom. The molecule has 0 aliphatic carbocycles. The molecule has 8 heteroatoms. The molecule has 25 heavy (non-hydrogen) atoms. The van der Waals surface area contributed by atoms with Gasteiger partial charge in [0, 0.05) is 12.4 Å². The minimum Gasteiger partial charge on any atom is -0.483 e. The van der Waals surface area contributed by atoms with Crippen molar-refractivity contribution in [3.05, 3.63) is 58.4 Å². The van der Waals surface area contributed by atoms with Crippen LogP contribution in [0.1, 0.15) is 31.3 Å². The van der Waals surface area contributed by atoms with Crippen LogP contribution >= 0.6 is 0 Å². The van der Waals surface area contributed by atoms with E-state index < -0.39 is 6.04 Å². The standard InChI is InChI=1S/C17H19N5O3/c1-3-12-6-4-5-7-13(12)25-10-14(23)19-11(2)15-20-21-16-17(24)18-8-9-22(15)16/h4-9,11H,3,10H2,1-2H3,(H,18,24)(H,19,23). The SMILES string of the molecule is CCc1ccccc1OCC(=O)NC(C)c1nnc2c(=O)[nH]ccn12. The molecular formula is C17H19N5O3. The van der Waals surface area contributed by atoms with E-state index in [0.29, 0.717) is 11.6 Å². The highest BCUT2D eigenvalue weighted by Crippen LogP contribution is 2.18. The average molecular weight is 341 g/mol. The number of hydrogen-bond acceptors (Lipinski definition) is 5. The summed E-state index contributed by atoms with van der Waals surface area (Å²) >= 11 is 0. The monoisotopic (exact) mass is 341 g/mol. The van der Waals surface area contributed by atoms with Crippen molar-refractivity contribution in [1.29, 1.82) is 0 Å². The molecule has 8 nitrogen and oxygen atoms in total. The summed E-state index contributed by atoms with van der Waals surface area (Å²) in [6.07, 6.45) is 3.97. The van der Waals surface area contributed by atoms with Gasteiger partial charge in [-0.2, -0.15) is 0 Å². The number of carbonyl (C=O) groups excluding carboxylic acids is 1. The molecular weight excluding hydrogens is 322 g/mol. The molecule has 3 rings (SSSR count). The van der Waals surface area contributed by atoms with E-state index in [1.165, 1.54) is 6.20 Å². The van der Waals surface area contributed by atoms with Gasteiger partial charge in [-0.15, -0.1) is 10.2 Å². The summed E-state index contributed by atoms with van der Waals surface area (Å²) < 4.78 is 7.16. The third-order valence-corrected chi connectivity index (χ3v) is 3.84. The van der Waals surface area contributed by atoms with Crippen LogP contribution in [0.5, 0.6) is 5.75 Å². The fraction of sp³-hybridized carbons (Fsp3) is 0.294. The molecule has 1 atom stereocenters. The fourth-order valence-corrected chi connectivity index (χ4v) is 2.58. The number of H-pyrrole nitrogens is 1. The van der Waals surface area contributed by atoms with Gasteiger partial charge in [0.25, 0.3) is 11.5 Å². The summed E-state index contributed by atoms with van der Waals surface area (Å²) in [6, 6.07) is 7.19. The number of fused-ring (bicyclic) bond motifs is 1. The highest BCUT2D eigenvalue weighted by atomic mass is 16.5. The number of carbonyl (C=O) groups is 1. The third-order valence-electron chi connectivity index (χ3n) is 3.84. The maximum atomic E-state index is 12.2. The first-order chi connectivity index (χ1) is 12.1. The molecule has 0 saturated carbocycles. The number of rotatable bonds is 6. The Kier molecular flexibility index (Phi) is 4.78. The number of aromatic amines is 1. The molecule has 130 valence electrons. The summed E-state index contributed by atoms with van der Waals surface area (Å²) in [5.41, 5.74) is 0.900. The largest absolute Gasteiger partial charge is 0.483 e. The maximum Gasteiger partial charge on any atom is 0.293 e. The van der Waals surface area contributed by atoms with Crippen LogP contribution in [-0.4, -0.2) is 32.1 Å². The van der Waals surface area contributed by atoms with E-state index in [1.807, 2.05) is 31.2 Å². The topological polar surface area (TPSA) is 101 Å². The van der Waals surface area contributed by atoms with Crippen molar-refractivity contribution in [2.24, 2.45) is 0 Å². The minimum atomic E-state index is -0.422. The lowest BCUT2D eigenvalue weighted by Gasteiger charge is -2.14. The van der Waals surface area contributed by atoms with Crippen LogP contribution in [0.15, 0.2) is 41.5 Å². The van der Waals surface area contributed by atoms with Crippen LogP contribution in [0, 0.1) is 0 Å². The molecule has 2 heterocycles. The van der Waals surface area contributed by atoms with Crippen molar-refractivity contribution in [2.75, 3.05) is 6.61 Å². The molecule has 2 aromatic heterocycles. The van der Waals surface area contributed by atoms with Crippen molar-refractivity contribution >= 4 is 11.6 Å². The van der Waals surface area contributed by atoms with Crippen LogP contribution in [0.25, 0.3) is 5.65 Å². The highest BCUT2D eigenvalue weighted by Gasteiger charge is 2.17. The molecule has 0 bridgehead atoms. The maximum absolute atomic E-state index is 12.2. The Balaban J connectivity index is 1.66. The predicted molar refractivity (Wildman–Crippen MR) is 91.5 cm³/mol. The number of aryl methyl sites for hydroxylation is 1. The number of ether oxygens (including phenoxy) is 1. The van der Waals surface area contributed by atoms with E-state index in [-0.39, 0.29) is 23.7 Å². The van der Waals surface area contributed by atoms with E-state index in [1.54, 1.807) is 17.5 Å². The lowest BCUT2D eigenvalue weighted by atomic mass is 10.1. The quantitative estimate of drug-likeness (QED) is 0.702. The predicted octanol–water partition coefficient (Wildman–Crippen LogP) is 1.24. The number of nitrogens with zero attached hydrogens (tertiary/aromatic N) is 3. The second-order valence-corrected chi connectivity index (χ2v) is 5.58. The number of benzene rings is 1. The van der Waals surface area contributed by atoms with Crippen molar-refractivity contribution in [1.82, 2.24) is 24.9 Å². The van der Waals surface area contributed by atoms with Crippen LogP contribution in [0.3, 0.4) is 0 Å². The fourth-order valence-electron chi connectivity index (χ4n) is 2.58. The zero-order chi connectivity index (χ0) is 17.8. The van der Waals surface area contributed by atoms with E-state index in [4.69, 9.17) is 4.74 Å². The first kappa shape index (κ1) is 16.7. The van der Waals surface area contributed by atoms with Gasteiger partial charge in [-0.3, -0.25) is 14.0 Å². The average Bonchev–Trinajstić information content (AvgIpc) is 3.06. The lowest BCUT2D eigenvalue weighted by Crippen LogP contribution is -2.32. The van der Waals surface area contributed by atoms with Crippen LogP contribution in [0.4, 0.5) is 0 Å². The second kappa shape index (κ2) is 7.16. The van der Waals surface area contributed by atoms with Gasteiger partial charge in [0.1, 0.15) is 5.75 Å². The molecule has 0 spiro atoms. The molecule has 1 amide bonds. The number of hydrogen-bond donors (Lipinski definition) is 2. The molecule has 0 aliphatic rings. The van der Waals surface area contributed by atoms with Crippen molar-refractivity contribution in [2.45, 2.75) is 26.3 Å². The first-order valence-electron chi connectivity index (χ1n) is 8.02. The normalized spacial score (nSPS) is 12.1. The van der Waals surface area contributed by atoms with Crippen LogP contribution < -0.4 is 15.6 Å². The molecule has 1 unspecified atom stereocenters. The highest BCUT2D eigenvalue weighted by molar-refractivity contribution is 5.78. The Labute approximate surface area is 143 Å². The van der Waals surface area contributed by atoms with Gasteiger partial charge in [-0.25, -0.2) is 0 Å². The third kappa shape index (κ3) is 3.52. The summed E-state index contributed by atoms with van der Waals surface area (Å²) in [7, 11) is 0. The molecule has 2 N–H and O–H groups in total. The number of aromatic nitrogens is 4. The van der Waals surface area contributed by atoms with Gasteiger partial charge in [-0.05, 0) is 25.0 Å². The van der Waals surface area contributed by atoms with Gasteiger partial charge < -0.3 is 15.0 Å². The van der Waals surface area contributed by atoms with Crippen LogP contribution in [-0.2, 0) is 11.2 Å². The Hall–Kier alpha value is -3.16. The minimum absolute atomic E-state index is 0.0985. The summed E-state index contributed by atoms with van der Waals surface area (Å²) in [5.74, 6) is 0.899. The smallest absolute Gasteiger partial charge is 0.293 e. The molecule has 0 saturated heterocycles. The summed E-state index contributed by atoms with van der Waals surface area (Å²) in [5, 5.41) is 10.6. The van der Waals surface area contributed by atoms with E-state index in [9.17, 15) is 9.59 Å². The zero-order valence-electron chi connectivity index (χ0n) is 14.0. The van der Waals surface area contributed by atoms with Crippen molar-refractivity contribution < 1.29 is 9.53 Å². The Bertz CT molecular complexity index is 947. The van der Waals surface area contributed by atoms with Crippen LogP contribution in [0.2, 0.25) is 0 Å². The Morgan fingerprint density at radius 1 is 1.36 bits per heavy atom. The molecule has 3 aromatic rings. The number of amides is 1. The zero-order valence-corrected chi connectivity index (χ0v) is 14.0. The summed E-state index contributed by atoms with van der Waals surface area (Å²) in [6.45, 7) is 3.71. The van der Waals surface area contributed by atoms with Crippen molar-refractivity contribution in [3.63, 3.8) is 0 Å². The van der Waals surface area contributed by atoms with Crippen molar-refractivity contribution in [3.8, 4) is 5.75 Å². The van der Waals surface area contributed by atoms with E-state index in [0.717, 1.165) is 12.0 Å². The van der Waals surface area contributed by atoms with Gasteiger partial charge in [0.2, 0.25) is 5.65 Å². The molecule has 0 fully saturated rings. The first-order valence-corrected chi connectivity index (χ1v) is 8.02. The lowest BCUT2D eigenvalue weighted by molar-refractivity contribution is -0.123. The van der Waals surface area contributed by atoms with Gasteiger partial charge in [0.05, 0.1) is 6.04 Å². The summed E-state index contributed by atoms with van der Waals surface area (Å²) in [4.78, 5) is 26.4. The van der Waals surface area contributed by atoms with E-state index >= 15 is 0 Å². The number of nitrogens with one attached hydrogen (secondary N) is 2. The second-order valence-electron chi connectivity index (χ2n) is 5.58. The van der Waals surface area contributed by atoms with Gasteiger partial charge in [0.15, 0.2) is 12.4 Å². The van der Waals surface area contributed by atoms with Gasteiger partial charge in [-0.1, -0.05) is 25.1 Å². The molecule has 0 radical (unpaired) electrons. The Morgan fingerprint density at radius 2 is 2.16 bits per heavy atom. The molecule has 1 aromatic carbocycles. The molecule has 0 aliphatic heterocycles. The number of para-hydroxylation sites is 1.